The Morgan fingerprint density at radius 2 is 1.77 bits per heavy atom. The smallest absolute Gasteiger partial charge is 0.267 e. The maximum Gasteiger partial charge on any atom is 0.267 e. The van der Waals surface area contributed by atoms with Gasteiger partial charge in [0.05, 0.1) is 18.3 Å². The zero-order valence-electron chi connectivity index (χ0n) is 7.79. The van der Waals surface area contributed by atoms with Crippen molar-refractivity contribution in [3.63, 3.8) is 0 Å². The Labute approximate surface area is 81.5 Å². The molecule has 0 bridgehead atoms. The molecule has 6 heteroatoms. The van der Waals surface area contributed by atoms with E-state index >= 15 is 0 Å². The quantitative estimate of drug-likeness (QED) is 0.557. The van der Waals surface area contributed by atoms with E-state index in [1.54, 1.807) is 4.72 Å². The molecule has 0 spiro atoms. The van der Waals surface area contributed by atoms with Crippen molar-refractivity contribution in [3.8, 4) is 6.07 Å². The molecule has 1 unspecified atom stereocenters. The first-order valence-electron chi connectivity index (χ1n) is 3.69. The second kappa shape index (κ2) is 9.71. The van der Waals surface area contributed by atoms with Gasteiger partial charge in [0.2, 0.25) is 0 Å². The standard InChI is InChI=1S/C4H10.C3H4F2N2OS/c1-4(2)3;4-3(5)2(1-6)7-9-8/h4H,1-3H3;2-3,7-8H. The number of nitrogens with one attached hydrogen (secondary N) is 1. The first-order valence-corrected chi connectivity index (χ1v) is 4.46. The molecule has 2 N–H and O–H groups in total. The lowest BCUT2D eigenvalue weighted by atomic mass is 10.3. The minimum Gasteiger partial charge on any atom is -0.317 e. The molecule has 3 nitrogen and oxygen atoms in total. The lowest BCUT2D eigenvalue weighted by Gasteiger charge is -2.03. The van der Waals surface area contributed by atoms with Crippen LogP contribution in [-0.4, -0.2) is 17.0 Å². The van der Waals surface area contributed by atoms with E-state index < -0.39 is 12.5 Å². The van der Waals surface area contributed by atoms with E-state index in [9.17, 15) is 8.78 Å². The normalized spacial score (nSPS) is 11.9. The average molecular weight is 212 g/mol. The van der Waals surface area contributed by atoms with Gasteiger partial charge in [0.1, 0.15) is 0 Å². The van der Waals surface area contributed by atoms with Crippen LogP contribution in [0.15, 0.2) is 0 Å². The first-order chi connectivity index (χ1) is 5.95. The number of hydrogen-bond donors (Lipinski definition) is 2. The van der Waals surface area contributed by atoms with E-state index in [0.29, 0.717) is 0 Å². The molecule has 78 valence electrons. The average Bonchev–Trinajstić information content (AvgIpc) is 1.98. The number of alkyl halides is 2. The van der Waals surface area contributed by atoms with Crippen molar-refractivity contribution in [3.05, 3.63) is 0 Å². The van der Waals surface area contributed by atoms with Gasteiger partial charge >= 0.3 is 0 Å². The number of hydrogen-bond acceptors (Lipinski definition) is 4. The molecule has 0 aromatic rings. The van der Waals surface area contributed by atoms with Crippen LogP contribution in [0.25, 0.3) is 0 Å². The van der Waals surface area contributed by atoms with E-state index in [4.69, 9.17) is 9.81 Å². The highest BCUT2D eigenvalue weighted by atomic mass is 32.2. The molecule has 0 aliphatic heterocycles. The Bertz CT molecular complexity index is 147. The summed E-state index contributed by atoms with van der Waals surface area (Å²) in [4.78, 5) is 0. The molecule has 0 aromatic carbocycles. The summed E-state index contributed by atoms with van der Waals surface area (Å²) in [6.45, 7) is 6.50. The van der Waals surface area contributed by atoms with Crippen LogP contribution >= 0.6 is 12.2 Å². The number of nitrogens with zero attached hydrogens (tertiary/aromatic N) is 1. The van der Waals surface area contributed by atoms with Crippen LogP contribution in [0.5, 0.6) is 0 Å². The second-order valence-corrected chi connectivity index (χ2v) is 3.30. The van der Waals surface area contributed by atoms with Crippen LogP contribution in [0.3, 0.4) is 0 Å². The maximum atomic E-state index is 11.5. The van der Waals surface area contributed by atoms with Gasteiger partial charge in [-0.25, -0.2) is 13.5 Å². The molecular weight excluding hydrogens is 198 g/mol. The molecule has 0 radical (unpaired) electrons. The largest absolute Gasteiger partial charge is 0.317 e. The fraction of sp³-hybridized carbons (Fsp3) is 0.857. The zero-order valence-corrected chi connectivity index (χ0v) is 8.61. The van der Waals surface area contributed by atoms with Crippen molar-refractivity contribution in [1.29, 1.82) is 5.26 Å². The zero-order chi connectivity index (χ0) is 10.9. The summed E-state index contributed by atoms with van der Waals surface area (Å²) in [5, 5.41) is 7.91. The Morgan fingerprint density at radius 3 is 1.85 bits per heavy atom. The van der Waals surface area contributed by atoms with Crippen LogP contribution < -0.4 is 4.72 Å². The Hall–Kier alpha value is -0.380. The van der Waals surface area contributed by atoms with Gasteiger partial charge in [-0.05, 0) is 5.92 Å². The third-order valence-electron chi connectivity index (χ3n) is 0.571. The van der Waals surface area contributed by atoms with E-state index in [1.807, 2.05) is 0 Å². The highest BCUT2D eigenvalue weighted by Gasteiger charge is 2.18. The maximum absolute atomic E-state index is 11.5. The van der Waals surface area contributed by atoms with Gasteiger partial charge in [-0.15, -0.1) is 0 Å². The lowest BCUT2D eigenvalue weighted by molar-refractivity contribution is 0.130. The SMILES string of the molecule is CC(C)C.N#CC(NSO)C(F)F. The Kier molecular flexibility index (Phi) is 11.3. The summed E-state index contributed by atoms with van der Waals surface area (Å²) in [6.07, 6.45) is -2.77. The lowest BCUT2D eigenvalue weighted by Crippen LogP contribution is -2.28. The molecule has 0 saturated carbocycles. The minimum atomic E-state index is -2.77. The van der Waals surface area contributed by atoms with Crippen molar-refractivity contribution in [2.24, 2.45) is 5.92 Å². The van der Waals surface area contributed by atoms with Gasteiger partial charge in [-0.3, -0.25) is 0 Å². The topological polar surface area (TPSA) is 56.0 Å². The van der Waals surface area contributed by atoms with E-state index in [-0.39, 0.29) is 12.2 Å². The monoisotopic (exact) mass is 212 g/mol. The first kappa shape index (κ1) is 15.1. The molecule has 0 saturated heterocycles. The van der Waals surface area contributed by atoms with Crippen molar-refractivity contribution in [2.45, 2.75) is 33.2 Å². The predicted octanol–water partition coefficient (Wildman–Crippen LogP) is 2.52. The van der Waals surface area contributed by atoms with Gasteiger partial charge in [0.25, 0.3) is 6.43 Å². The van der Waals surface area contributed by atoms with Gasteiger partial charge in [0, 0.05) is 0 Å². The van der Waals surface area contributed by atoms with Crippen LogP contribution in [0.4, 0.5) is 8.78 Å². The van der Waals surface area contributed by atoms with Gasteiger partial charge < -0.3 is 4.55 Å². The summed E-state index contributed by atoms with van der Waals surface area (Å²) in [6, 6.07) is -0.337. The highest BCUT2D eigenvalue weighted by molar-refractivity contribution is 7.91. The summed E-state index contributed by atoms with van der Waals surface area (Å²) >= 11 is 0.0101. The van der Waals surface area contributed by atoms with Crippen molar-refractivity contribution >= 4 is 12.2 Å². The third-order valence-corrected chi connectivity index (χ3v) is 0.930. The number of rotatable bonds is 3. The van der Waals surface area contributed by atoms with Crippen molar-refractivity contribution in [2.75, 3.05) is 0 Å². The minimum absolute atomic E-state index is 0.0101. The van der Waals surface area contributed by atoms with Gasteiger partial charge in [0.15, 0.2) is 6.04 Å². The molecule has 0 fully saturated rings. The fourth-order valence-corrected chi connectivity index (χ4v) is 0.460. The predicted molar refractivity (Wildman–Crippen MR) is 49.3 cm³/mol. The molecule has 0 amide bonds. The third kappa shape index (κ3) is 14.5. The van der Waals surface area contributed by atoms with Crippen LogP contribution in [-0.2, 0) is 0 Å². The molecule has 0 aliphatic rings. The van der Waals surface area contributed by atoms with E-state index in [2.05, 4.69) is 20.8 Å². The highest BCUT2D eigenvalue weighted by Crippen LogP contribution is 2.01. The number of nitriles is 1. The molecule has 13 heavy (non-hydrogen) atoms. The molecule has 1 atom stereocenters. The molecule has 0 rings (SSSR count). The summed E-state index contributed by atoms with van der Waals surface area (Å²) in [5.41, 5.74) is 0. The Balaban J connectivity index is 0. The van der Waals surface area contributed by atoms with Crippen LogP contribution in [0.2, 0.25) is 0 Å². The van der Waals surface area contributed by atoms with Crippen molar-refractivity contribution in [1.82, 2.24) is 4.72 Å². The second-order valence-electron chi connectivity index (χ2n) is 2.88. The van der Waals surface area contributed by atoms with Gasteiger partial charge in [-0.1, -0.05) is 20.8 Å². The molecule has 0 aliphatic carbocycles. The summed E-state index contributed by atoms with van der Waals surface area (Å²) in [5.74, 6) is 0.833. The molecule has 0 heterocycles. The van der Waals surface area contributed by atoms with Crippen LogP contribution in [0, 0.1) is 17.2 Å². The van der Waals surface area contributed by atoms with Gasteiger partial charge in [-0.2, -0.15) is 5.26 Å². The Morgan fingerprint density at radius 1 is 1.38 bits per heavy atom. The van der Waals surface area contributed by atoms with Crippen LogP contribution in [0.1, 0.15) is 20.8 Å². The van der Waals surface area contributed by atoms with E-state index in [1.165, 1.54) is 6.07 Å². The molecular formula is C7H14F2N2OS. The van der Waals surface area contributed by atoms with E-state index in [0.717, 1.165) is 5.92 Å². The summed E-state index contributed by atoms with van der Waals surface area (Å²) in [7, 11) is 0. The number of halogens is 2. The van der Waals surface area contributed by atoms with Crippen molar-refractivity contribution < 1.29 is 13.3 Å². The molecule has 0 aromatic heterocycles. The fourth-order valence-electron chi connectivity index (χ4n) is 0.191. The summed E-state index contributed by atoms with van der Waals surface area (Å²) < 4.78 is 32.7.